The monoisotopic (exact) mass is 183 g/mol. The first kappa shape index (κ1) is 10.0. The van der Waals surface area contributed by atoms with Crippen LogP contribution in [0, 0.1) is 0 Å². The third-order valence-electron chi connectivity index (χ3n) is 1.53. The molecule has 0 bridgehead atoms. The minimum absolute atomic E-state index is 0.224. The predicted molar refractivity (Wildman–Crippen MR) is 46.8 cm³/mol. The molecule has 1 heterocycles. The van der Waals surface area contributed by atoms with Crippen LogP contribution in [0.2, 0.25) is 0 Å². The molecule has 13 heavy (non-hydrogen) atoms. The molecule has 3 N–H and O–H groups in total. The topological polar surface area (TPSA) is 78.3 Å². The SMILES string of the molecule is OCC(O)CNCc1cncnc1. The van der Waals surface area contributed by atoms with Crippen molar-refractivity contribution in [3.63, 3.8) is 0 Å². The normalized spacial score (nSPS) is 12.8. The van der Waals surface area contributed by atoms with Crippen molar-refractivity contribution in [3.8, 4) is 0 Å². The predicted octanol–water partition coefficient (Wildman–Crippen LogP) is -1.08. The van der Waals surface area contributed by atoms with Crippen LogP contribution in [0.5, 0.6) is 0 Å². The molecular formula is C8H13N3O2. The first-order valence-electron chi connectivity index (χ1n) is 4.06. The van der Waals surface area contributed by atoms with Gasteiger partial charge in [-0.2, -0.15) is 0 Å². The second-order valence-corrected chi connectivity index (χ2v) is 2.71. The van der Waals surface area contributed by atoms with Gasteiger partial charge in [0.1, 0.15) is 6.33 Å². The number of nitrogens with one attached hydrogen (secondary N) is 1. The zero-order chi connectivity index (χ0) is 9.52. The van der Waals surface area contributed by atoms with Crippen LogP contribution < -0.4 is 5.32 Å². The number of aliphatic hydroxyl groups excluding tert-OH is 2. The molecular weight excluding hydrogens is 170 g/mol. The van der Waals surface area contributed by atoms with Crippen LogP contribution in [0.15, 0.2) is 18.7 Å². The van der Waals surface area contributed by atoms with Crippen molar-refractivity contribution in [3.05, 3.63) is 24.3 Å². The molecule has 0 aliphatic heterocycles. The molecule has 0 aliphatic carbocycles. The highest BCUT2D eigenvalue weighted by Crippen LogP contribution is 1.91. The van der Waals surface area contributed by atoms with Crippen molar-refractivity contribution in [2.24, 2.45) is 0 Å². The average molecular weight is 183 g/mol. The Morgan fingerprint density at radius 1 is 1.38 bits per heavy atom. The quantitative estimate of drug-likeness (QED) is 0.541. The fourth-order valence-electron chi connectivity index (χ4n) is 0.869. The first-order chi connectivity index (χ1) is 6.33. The maximum Gasteiger partial charge on any atom is 0.115 e. The fourth-order valence-corrected chi connectivity index (χ4v) is 0.869. The van der Waals surface area contributed by atoms with Crippen LogP contribution in [-0.4, -0.2) is 39.4 Å². The van der Waals surface area contributed by atoms with E-state index in [9.17, 15) is 0 Å². The van der Waals surface area contributed by atoms with Gasteiger partial charge in [-0.3, -0.25) is 0 Å². The van der Waals surface area contributed by atoms with E-state index in [0.717, 1.165) is 5.56 Å². The molecule has 0 saturated carbocycles. The third-order valence-corrected chi connectivity index (χ3v) is 1.53. The minimum atomic E-state index is -0.704. The highest BCUT2D eigenvalue weighted by atomic mass is 16.3. The summed E-state index contributed by atoms with van der Waals surface area (Å²) < 4.78 is 0. The van der Waals surface area contributed by atoms with Crippen molar-refractivity contribution in [2.45, 2.75) is 12.6 Å². The van der Waals surface area contributed by atoms with Gasteiger partial charge in [-0.05, 0) is 0 Å². The lowest BCUT2D eigenvalue weighted by atomic mass is 10.3. The summed E-state index contributed by atoms with van der Waals surface area (Å²) in [5.41, 5.74) is 0.952. The van der Waals surface area contributed by atoms with E-state index in [1.165, 1.54) is 6.33 Å². The molecule has 0 radical (unpaired) electrons. The Balaban J connectivity index is 2.20. The summed E-state index contributed by atoms with van der Waals surface area (Å²) in [6.07, 6.45) is 4.16. The van der Waals surface area contributed by atoms with Crippen molar-refractivity contribution in [1.82, 2.24) is 15.3 Å². The summed E-state index contributed by atoms with van der Waals surface area (Å²) in [6, 6.07) is 0. The second-order valence-electron chi connectivity index (χ2n) is 2.71. The second kappa shape index (κ2) is 5.58. The summed E-state index contributed by atoms with van der Waals surface area (Å²) in [4.78, 5) is 7.68. The van der Waals surface area contributed by atoms with E-state index < -0.39 is 6.10 Å². The van der Waals surface area contributed by atoms with Crippen LogP contribution in [0.25, 0.3) is 0 Å². The van der Waals surface area contributed by atoms with Gasteiger partial charge >= 0.3 is 0 Å². The lowest BCUT2D eigenvalue weighted by Gasteiger charge is -2.07. The number of rotatable bonds is 5. The summed E-state index contributed by atoms with van der Waals surface area (Å²) in [5.74, 6) is 0. The Labute approximate surface area is 76.5 Å². The Hall–Kier alpha value is -1.04. The minimum Gasteiger partial charge on any atom is -0.394 e. The van der Waals surface area contributed by atoms with Gasteiger partial charge in [0, 0.05) is 31.0 Å². The summed E-state index contributed by atoms with van der Waals surface area (Å²) in [5, 5.41) is 20.5. The van der Waals surface area contributed by atoms with Gasteiger partial charge in [0.2, 0.25) is 0 Å². The van der Waals surface area contributed by atoms with Crippen molar-refractivity contribution in [1.29, 1.82) is 0 Å². The zero-order valence-electron chi connectivity index (χ0n) is 7.22. The summed E-state index contributed by atoms with van der Waals surface area (Å²) >= 11 is 0. The highest BCUT2D eigenvalue weighted by molar-refractivity contribution is 5.01. The van der Waals surface area contributed by atoms with E-state index >= 15 is 0 Å². The molecule has 5 nitrogen and oxygen atoms in total. The van der Waals surface area contributed by atoms with Crippen LogP contribution in [0.3, 0.4) is 0 Å². The van der Waals surface area contributed by atoms with E-state index in [0.29, 0.717) is 13.1 Å². The van der Waals surface area contributed by atoms with E-state index in [1.807, 2.05) is 0 Å². The third kappa shape index (κ3) is 3.93. The molecule has 5 heteroatoms. The van der Waals surface area contributed by atoms with Gasteiger partial charge in [0.05, 0.1) is 12.7 Å². The van der Waals surface area contributed by atoms with Gasteiger partial charge in [-0.15, -0.1) is 0 Å². The largest absolute Gasteiger partial charge is 0.394 e. The van der Waals surface area contributed by atoms with E-state index in [1.54, 1.807) is 12.4 Å². The van der Waals surface area contributed by atoms with Crippen molar-refractivity contribution < 1.29 is 10.2 Å². The zero-order valence-corrected chi connectivity index (χ0v) is 7.22. The highest BCUT2D eigenvalue weighted by Gasteiger charge is 2.00. The number of aliphatic hydroxyl groups is 2. The number of nitrogens with zero attached hydrogens (tertiary/aromatic N) is 2. The lowest BCUT2D eigenvalue weighted by Crippen LogP contribution is -2.28. The maximum atomic E-state index is 8.99. The molecule has 1 atom stereocenters. The maximum absolute atomic E-state index is 8.99. The molecule has 72 valence electrons. The Morgan fingerprint density at radius 2 is 2.08 bits per heavy atom. The van der Waals surface area contributed by atoms with Crippen LogP contribution >= 0.6 is 0 Å². The van der Waals surface area contributed by atoms with Crippen LogP contribution in [0.4, 0.5) is 0 Å². The standard InChI is InChI=1S/C8H13N3O2/c12-5-8(13)4-9-1-7-2-10-6-11-3-7/h2-3,6,8-9,12-13H,1,4-5H2. The molecule has 0 amide bonds. The molecule has 1 rings (SSSR count). The number of aromatic nitrogens is 2. The lowest BCUT2D eigenvalue weighted by molar-refractivity contribution is 0.0942. The Bertz CT molecular complexity index is 230. The Kier molecular flexibility index (Phi) is 4.31. The van der Waals surface area contributed by atoms with E-state index in [2.05, 4.69) is 15.3 Å². The molecule has 0 aliphatic rings. The first-order valence-corrected chi connectivity index (χ1v) is 4.06. The molecule has 0 saturated heterocycles. The molecule has 1 aromatic rings. The molecule has 0 aromatic carbocycles. The van der Waals surface area contributed by atoms with Gasteiger partial charge in [-0.1, -0.05) is 0 Å². The van der Waals surface area contributed by atoms with Crippen molar-refractivity contribution >= 4 is 0 Å². The summed E-state index contributed by atoms with van der Waals surface area (Å²) in [7, 11) is 0. The fraction of sp³-hybridized carbons (Fsp3) is 0.500. The van der Waals surface area contributed by atoms with Crippen LogP contribution in [0.1, 0.15) is 5.56 Å². The Morgan fingerprint density at radius 3 is 2.69 bits per heavy atom. The summed E-state index contributed by atoms with van der Waals surface area (Å²) in [6.45, 7) is 0.738. The smallest absolute Gasteiger partial charge is 0.115 e. The average Bonchev–Trinajstić information content (AvgIpc) is 2.19. The number of hydrogen-bond acceptors (Lipinski definition) is 5. The van der Waals surface area contributed by atoms with Gasteiger partial charge in [0.25, 0.3) is 0 Å². The molecule has 0 spiro atoms. The van der Waals surface area contributed by atoms with Crippen LogP contribution in [-0.2, 0) is 6.54 Å². The van der Waals surface area contributed by atoms with E-state index in [4.69, 9.17) is 10.2 Å². The molecule has 0 fully saturated rings. The molecule has 1 aromatic heterocycles. The van der Waals surface area contributed by atoms with Gasteiger partial charge in [0.15, 0.2) is 0 Å². The van der Waals surface area contributed by atoms with Gasteiger partial charge in [-0.25, -0.2) is 9.97 Å². The molecule has 1 unspecified atom stereocenters. The van der Waals surface area contributed by atoms with E-state index in [-0.39, 0.29) is 6.61 Å². The van der Waals surface area contributed by atoms with Crippen molar-refractivity contribution in [2.75, 3.05) is 13.2 Å². The van der Waals surface area contributed by atoms with Gasteiger partial charge < -0.3 is 15.5 Å². The number of hydrogen-bond donors (Lipinski definition) is 3.